The van der Waals surface area contributed by atoms with E-state index in [1.54, 1.807) is 30.5 Å². The van der Waals surface area contributed by atoms with Gasteiger partial charge in [0.15, 0.2) is 0 Å². The molecule has 1 heterocycles. The second-order valence-corrected chi connectivity index (χ2v) is 4.53. The molecule has 0 aliphatic rings. The Labute approximate surface area is 112 Å². The standard InChI is InChI=1S/C13H10BrFN2O/c14-11-5-4-10(7-12(11)15)17-13(18)8-9-3-1-2-6-16-9/h1-7H,8H2,(H,17,18). The summed E-state index contributed by atoms with van der Waals surface area (Å²) in [4.78, 5) is 15.7. The minimum atomic E-state index is -0.411. The van der Waals surface area contributed by atoms with Crippen LogP contribution in [0.1, 0.15) is 5.69 Å². The molecule has 0 unspecified atom stereocenters. The van der Waals surface area contributed by atoms with Crippen molar-refractivity contribution in [3.05, 3.63) is 58.6 Å². The number of hydrogen-bond donors (Lipinski definition) is 1. The van der Waals surface area contributed by atoms with E-state index in [2.05, 4.69) is 26.2 Å². The fourth-order valence-corrected chi connectivity index (χ4v) is 1.69. The lowest BCUT2D eigenvalue weighted by Crippen LogP contribution is -2.15. The van der Waals surface area contributed by atoms with Gasteiger partial charge in [-0.15, -0.1) is 0 Å². The maximum absolute atomic E-state index is 13.2. The Morgan fingerprint density at radius 3 is 2.83 bits per heavy atom. The summed E-state index contributed by atoms with van der Waals surface area (Å²) in [6.45, 7) is 0. The van der Waals surface area contributed by atoms with E-state index in [0.29, 0.717) is 15.9 Å². The Kier molecular flexibility index (Phi) is 4.04. The highest BCUT2D eigenvalue weighted by atomic mass is 79.9. The predicted octanol–water partition coefficient (Wildman–Crippen LogP) is 3.16. The first-order valence-corrected chi connectivity index (χ1v) is 6.09. The van der Waals surface area contributed by atoms with Gasteiger partial charge in [0.25, 0.3) is 0 Å². The number of hydrogen-bond acceptors (Lipinski definition) is 2. The van der Waals surface area contributed by atoms with E-state index < -0.39 is 5.82 Å². The molecule has 1 aromatic carbocycles. The molecule has 1 aromatic heterocycles. The van der Waals surface area contributed by atoms with Gasteiger partial charge in [-0.3, -0.25) is 9.78 Å². The van der Waals surface area contributed by atoms with Crippen LogP contribution in [-0.2, 0) is 11.2 Å². The van der Waals surface area contributed by atoms with Gasteiger partial charge in [-0.25, -0.2) is 4.39 Å². The highest BCUT2D eigenvalue weighted by Crippen LogP contribution is 2.19. The molecule has 0 saturated heterocycles. The van der Waals surface area contributed by atoms with Gasteiger partial charge < -0.3 is 5.32 Å². The van der Waals surface area contributed by atoms with Crippen LogP contribution in [0.5, 0.6) is 0 Å². The number of anilines is 1. The number of aromatic nitrogens is 1. The molecule has 5 heteroatoms. The van der Waals surface area contributed by atoms with Gasteiger partial charge in [-0.2, -0.15) is 0 Å². The van der Waals surface area contributed by atoms with E-state index in [1.165, 1.54) is 6.07 Å². The van der Waals surface area contributed by atoms with Crippen molar-refractivity contribution >= 4 is 27.5 Å². The number of benzene rings is 1. The first-order valence-electron chi connectivity index (χ1n) is 5.30. The summed E-state index contributed by atoms with van der Waals surface area (Å²) >= 11 is 3.05. The molecule has 18 heavy (non-hydrogen) atoms. The number of nitrogens with zero attached hydrogens (tertiary/aromatic N) is 1. The molecule has 2 rings (SSSR count). The monoisotopic (exact) mass is 308 g/mol. The molecule has 3 nitrogen and oxygen atoms in total. The van der Waals surface area contributed by atoms with Gasteiger partial charge in [0.05, 0.1) is 10.9 Å². The first-order chi connectivity index (χ1) is 8.65. The second kappa shape index (κ2) is 5.73. The smallest absolute Gasteiger partial charge is 0.230 e. The maximum Gasteiger partial charge on any atom is 0.230 e. The average molecular weight is 309 g/mol. The van der Waals surface area contributed by atoms with Crippen molar-refractivity contribution in [3.8, 4) is 0 Å². The average Bonchev–Trinajstić information content (AvgIpc) is 2.35. The SMILES string of the molecule is O=C(Cc1ccccn1)Nc1ccc(Br)c(F)c1. The molecular weight excluding hydrogens is 299 g/mol. The number of nitrogens with one attached hydrogen (secondary N) is 1. The molecule has 0 bridgehead atoms. The molecule has 1 N–H and O–H groups in total. The van der Waals surface area contributed by atoms with Gasteiger partial charge in [-0.05, 0) is 46.3 Å². The lowest BCUT2D eigenvalue weighted by Gasteiger charge is -2.05. The normalized spacial score (nSPS) is 10.1. The second-order valence-electron chi connectivity index (χ2n) is 3.67. The Balaban J connectivity index is 2.01. The van der Waals surface area contributed by atoms with Crippen LogP contribution in [-0.4, -0.2) is 10.9 Å². The topological polar surface area (TPSA) is 42.0 Å². The summed E-state index contributed by atoms with van der Waals surface area (Å²) < 4.78 is 13.6. The van der Waals surface area contributed by atoms with Gasteiger partial charge in [0.1, 0.15) is 5.82 Å². The van der Waals surface area contributed by atoms with E-state index in [1.807, 2.05) is 6.07 Å². The van der Waals surface area contributed by atoms with Crippen molar-refractivity contribution in [2.24, 2.45) is 0 Å². The molecule has 0 aliphatic carbocycles. The quantitative estimate of drug-likeness (QED) is 0.946. The third kappa shape index (κ3) is 3.37. The van der Waals surface area contributed by atoms with E-state index in [9.17, 15) is 9.18 Å². The Hall–Kier alpha value is -1.75. The fourth-order valence-electron chi connectivity index (χ4n) is 1.45. The molecular formula is C13H10BrFN2O. The summed E-state index contributed by atoms with van der Waals surface area (Å²) in [6, 6.07) is 9.80. The highest BCUT2D eigenvalue weighted by Gasteiger charge is 2.06. The number of carbonyl (C=O) groups is 1. The maximum atomic E-state index is 13.2. The summed E-state index contributed by atoms with van der Waals surface area (Å²) in [5.41, 5.74) is 1.10. The van der Waals surface area contributed by atoms with E-state index in [4.69, 9.17) is 0 Å². The van der Waals surface area contributed by atoms with Crippen molar-refractivity contribution in [2.75, 3.05) is 5.32 Å². The molecule has 92 valence electrons. The van der Waals surface area contributed by atoms with Gasteiger partial charge in [-0.1, -0.05) is 6.07 Å². The van der Waals surface area contributed by atoms with Gasteiger partial charge >= 0.3 is 0 Å². The Bertz CT molecular complexity index is 560. The molecule has 0 aliphatic heterocycles. The minimum Gasteiger partial charge on any atom is -0.326 e. The largest absolute Gasteiger partial charge is 0.326 e. The molecule has 1 amide bonds. The summed E-state index contributed by atoms with van der Waals surface area (Å²) in [7, 11) is 0. The molecule has 0 radical (unpaired) electrons. The number of amides is 1. The summed E-state index contributed by atoms with van der Waals surface area (Å²) in [5.74, 6) is -0.638. The van der Waals surface area contributed by atoms with Crippen LogP contribution in [0.25, 0.3) is 0 Å². The van der Waals surface area contributed by atoms with Crippen molar-refractivity contribution in [1.82, 2.24) is 4.98 Å². The zero-order valence-corrected chi connectivity index (χ0v) is 10.9. The van der Waals surface area contributed by atoms with Gasteiger partial charge in [0.2, 0.25) is 5.91 Å². The summed E-state index contributed by atoms with van der Waals surface area (Å²) in [5, 5.41) is 2.62. The van der Waals surface area contributed by atoms with Crippen LogP contribution in [0.15, 0.2) is 47.1 Å². The molecule has 0 spiro atoms. The van der Waals surface area contributed by atoms with Gasteiger partial charge in [0, 0.05) is 17.6 Å². The number of halogens is 2. The van der Waals surface area contributed by atoms with E-state index >= 15 is 0 Å². The van der Waals surface area contributed by atoms with Crippen LogP contribution in [0.2, 0.25) is 0 Å². The van der Waals surface area contributed by atoms with Crippen molar-refractivity contribution in [3.63, 3.8) is 0 Å². The van der Waals surface area contributed by atoms with Crippen molar-refractivity contribution < 1.29 is 9.18 Å². The first kappa shape index (κ1) is 12.7. The molecule has 0 fully saturated rings. The fraction of sp³-hybridized carbons (Fsp3) is 0.0769. The molecule has 2 aromatic rings. The van der Waals surface area contributed by atoms with Crippen molar-refractivity contribution in [1.29, 1.82) is 0 Å². The third-order valence-corrected chi connectivity index (χ3v) is 2.91. The van der Waals surface area contributed by atoms with Crippen LogP contribution >= 0.6 is 15.9 Å². The Morgan fingerprint density at radius 1 is 1.33 bits per heavy atom. The zero-order chi connectivity index (χ0) is 13.0. The molecule has 0 saturated carbocycles. The highest BCUT2D eigenvalue weighted by molar-refractivity contribution is 9.10. The van der Waals surface area contributed by atoms with Crippen LogP contribution < -0.4 is 5.32 Å². The van der Waals surface area contributed by atoms with Crippen LogP contribution in [0.3, 0.4) is 0 Å². The summed E-state index contributed by atoms with van der Waals surface area (Å²) in [6.07, 6.45) is 1.79. The lowest BCUT2D eigenvalue weighted by molar-refractivity contribution is -0.115. The lowest BCUT2D eigenvalue weighted by atomic mass is 10.2. The van der Waals surface area contributed by atoms with E-state index in [-0.39, 0.29) is 12.3 Å². The zero-order valence-electron chi connectivity index (χ0n) is 9.36. The van der Waals surface area contributed by atoms with Crippen molar-refractivity contribution in [2.45, 2.75) is 6.42 Å². The van der Waals surface area contributed by atoms with Crippen LogP contribution in [0, 0.1) is 5.82 Å². The number of rotatable bonds is 3. The van der Waals surface area contributed by atoms with Crippen LogP contribution in [0.4, 0.5) is 10.1 Å². The predicted molar refractivity (Wildman–Crippen MR) is 70.7 cm³/mol. The minimum absolute atomic E-state index is 0.165. The Morgan fingerprint density at radius 2 is 2.17 bits per heavy atom. The third-order valence-electron chi connectivity index (χ3n) is 2.27. The molecule has 0 atom stereocenters. The number of pyridine rings is 1. The van der Waals surface area contributed by atoms with E-state index in [0.717, 1.165) is 0 Å². The number of carbonyl (C=O) groups excluding carboxylic acids is 1.